The summed E-state index contributed by atoms with van der Waals surface area (Å²) >= 11 is 0. The zero-order valence-corrected chi connectivity index (χ0v) is 5.76. The topological polar surface area (TPSA) is 38.9 Å². The van der Waals surface area contributed by atoms with Crippen LogP contribution < -0.4 is 5.73 Å². The Morgan fingerprint density at radius 1 is 1.70 bits per heavy atom. The van der Waals surface area contributed by atoms with Crippen LogP contribution in [0.3, 0.4) is 0 Å². The number of pyridine rings is 1. The van der Waals surface area contributed by atoms with E-state index in [0.29, 0.717) is 6.54 Å². The second-order valence-electron chi connectivity index (χ2n) is 2.10. The van der Waals surface area contributed by atoms with Crippen LogP contribution in [0.15, 0.2) is 12.3 Å². The van der Waals surface area contributed by atoms with E-state index in [1.54, 1.807) is 0 Å². The van der Waals surface area contributed by atoms with E-state index in [9.17, 15) is 4.39 Å². The van der Waals surface area contributed by atoms with E-state index < -0.39 is 0 Å². The Balaban J connectivity index is 3.09. The summed E-state index contributed by atoms with van der Waals surface area (Å²) < 4.78 is 12.4. The number of aromatic nitrogens is 1. The number of hydrogen-bond donors (Lipinski definition) is 1. The minimum Gasteiger partial charge on any atom is -0.326 e. The maximum absolute atomic E-state index is 12.4. The molecule has 0 amide bonds. The molecule has 0 aliphatic carbocycles. The van der Waals surface area contributed by atoms with Gasteiger partial charge >= 0.3 is 0 Å². The van der Waals surface area contributed by atoms with Crippen molar-refractivity contribution in [2.75, 3.05) is 0 Å². The number of halogens is 1. The molecule has 1 heterocycles. The van der Waals surface area contributed by atoms with Gasteiger partial charge in [0.05, 0.1) is 6.20 Å². The lowest BCUT2D eigenvalue weighted by Crippen LogP contribution is -2.01. The molecule has 0 radical (unpaired) electrons. The number of rotatable bonds is 1. The van der Waals surface area contributed by atoms with E-state index in [2.05, 4.69) is 4.98 Å². The van der Waals surface area contributed by atoms with Crippen molar-refractivity contribution in [3.05, 3.63) is 29.3 Å². The van der Waals surface area contributed by atoms with Crippen LogP contribution in [0.1, 0.15) is 11.3 Å². The first-order chi connectivity index (χ1) is 4.74. The Morgan fingerprint density at radius 2 is 2.40 bits per heavy atom. The molecule has 0 aromatic carbocycles. The Kier molecular flexibility index (Phi) is 1.97. The molecule has 54 valence electrons. The van der Waals surface area contributed by atoms with Gasteiger partial charge in [-0.2, -0.15) is 0 Å². The van der Waals surface area contributed by atoms with Crippen molar-refractivity contribution >= 4 is 0 Å². The molecule has 0 saturated carbocycles. The summed E-state index contributed by atoms with van der Waals surface area (Å²) in [7, 11) is 0. The molecule has 0 fully saturated rings. The molecule has 0 atom stereocenters. The third-order valence-electron chi connectivity index (χ3n) is 1.38. The quantitative estimate of drug-likeness (QED) is 0.631. The van der Waals surface area contributed by atoms with Gasteiger partial charge in [-0.3, -0.25) is 4.98 Å². The van der Waals surface area contributed by atoms with Gasteiger partial charge in [-0.05, 0) is 18.6 Å². The number of aryl methyl sites for hydroxylation is 1. The van der Waals surface area contributed by atoms with Gasteiger partial charge in [0.1, 0.15) is 5.82 Å². The van der Waals surface area contributed by atoms with Crippen LogP contribution in [0.5, 0.6) is 0 Å². The van der Waals surface area contributed by atoms with Crippen LogP contribution in [0, 0.1) is 12.7 Å². The van der Waals surface area contributed by atoms with E-state index in [1.807, 2.05) is 6.92 Å². The third-order valence-corrected chi connectivity index (χ3v) is 1.38. The molecular formula is C7H9FN2. The maximum atomic E-state index is 12.4. The standard InChI is InChI=1S/C7H9FN2/c1-5-6(3-9)2-7(8)4-10-5/h2,4H,3,9H2,1H3. The fourth-order valence-corrected chi connectivity index (χ4v) is 0.756. The molecule has 0 aliphatic heterocycles. The Hall–Kier alpha value is -0.960. The van der Waals surface area contributed by atoms with Crippen LogP contribution in [0.25, 0.3) is 0 Å². The highest BCUT2D eigenvalue weighted by Gasteiger charge is 1.97. The van der Waals surface area contributed by atoms with Crippen LogP contribution in [0.4, 0.5) is 4.39 Å². The number of nitrogens with two attached hydrogens (primary N) is 1. The SMILES string of the molecule is Cc1ncc(F)cc1CN. The smallest absolute Gasteiger partial charge is 0.141 e. The van der Waals surface area contributed by atoms with Crippen molar-refractivity contribution in [3.8, 4) is 0 Å². The Morgan fingerprint density at radius 3 is 2.90 bits per heavy atom. The lowest BCUT2D eigenvalue weighted by atomic mass is 10.2. The molecule has 1 rings (SSSR count). The highest BCUT2D eigenvalue weighted by Crippen LogP contribution is 2.04. The summed E-state index contributed by atoms with van der Waals surface area (Å²) in [5.74, 6) is -0.328. The summed E-state index contributed by atoms with van der Waals surface area (Å²) in [5.41, 5.74) is 6.87. The second-order valence-corrected chi connectivity index (χ2v) is 2.10. The fourth-order valence-electron chi connectivity index (χ4n) is 0.756. The molecule has 0 saturated heterocycles. The van der Waals surface area contributed by atoms with E-state index in [1.165, 1.54) is 12.3 Å². The summed E-state index contributed by atoms with van der Waals surface area (Å²) in [6.45, 7) is 2.15. The first-order valence-electron chi connectivity index (χ1n) is 3.05. The second kappa shape index (κ2) is 2.75. The maximum Gasteiger partial charge on any atom is 0.141 e. The van der Waals surface area contributed by atoms with Gasteiger partial charge in [0, 0.05) is 12.2 Å². The summed E-state index contributed by atoms with van der Waals surface area (Å²) in [4.78, 5) is 3.79. The molecule has 0 bridgehead atoms. The molecule has 1 aromatic heterocycles. The monoisotopic (exact) mass is 140 g/mol. The fraction of sp³-hybridized carbons (Fsp3) is 0.286. The molecule has 0 spiro atoms. The van der Waals surface area contributed by atoms with Crippen molar-refractivity contribution in [2.45, 2.75) is 13.5 Å². The van der Waals surface area contributed by atoms with Gasteiger partial charge < -0.3 is 5.73 Å². The summed E-state index contributed by atoms with van der Waals surface area (Å²) in [6, 6.07) is 1.41. The third kappa shape index (κ3) is 1.30. The highest BCUT2D eigenvalue weighted by molar-refractivity contribution is 5.18. The van der Waals surface area contributed by atoms with Crippen LogP contribution in [0.2, 0.25) is 0 Å². The highest BCUT2D eigenvalue weighted by atomic mass is 19.1. The molecular weight excluding hydrogens is 131 g/mol. The lowest BCUT2D eigenvalue weighted by molar-refractivity contribution is 0.617. The minimum atomic E-state index is -0.328. The van der Waals surface area contributed by atoms with Crippen LogP contribution in [-0.4, -0.2) is 4.98 Å². The normalized spacial score (nSPS) is 9.90. The van der Waals surface area contributed by atoms with E-state index in [4.69, 9.17) is 5.73 Å². The first-order valence-corrected chi connectivity index (χ1v) is 3.05. The summed E-state index contributed by atoms with van der Waals surface area (Å²) in [6.07, 6.45) is 1.19. The molecule has 0 aliphatic rings. The zero-order chi connectivity index (χ0) is 7.56. The van der Waals surface area contributed by atoms with Gasteiger partial charge in [-0.25, -0.2) is 4.39 Å². The molecule has 3 heteroatoms. The van der Waals surface area contributed by atoms with Crippen molar-refractivity contribution in [2.24, 2.45) is 5.73 Å². The molecule has 10 heavy (non-hydrogen) atoms. The van der Waals surface area contributed by atoms with E-state index >= 15 is 0 Å². The number of nitrogens with zero attached hydrogens (tertiary/aromatic N) is 1. The largest absolute Gasteiger partial charge is 0.326 e. The summed E-state index contributed by atoms with van der Waals surface area (Å²) in [5, 5.41) is 0. The predicted molar refractivity (Wildman–Crippen MR) is 36.8 cm³/mol. The molecule has 2 N–H and O–H groups in total. The van der Waals surface area contributed by atoms with Gasteiger partial charge in [0.2, 0.25) is 0 Å². The minimum absolute atomic E-state index is 0.328. The van der Waals surface area contributed by atoms with Crippen LogP contribution in [-0.2, 0) is 6.54 Å². The van der Waals surface area contributed by atoms with Gasteiger partial charge in [0.15, 0.2) is 0 Å². The predicted octanol–water partition coefficient (Wildman–Crippen LogP) is 0.988. The Bertz CT molecular complexity index is 235. The zero-order valence-electron chi connectivity index (χ0n) is 5.76. The van der Waals surface area contributed by atoms with Gasteiger partial charge in [0.25, 0.3) is 0 Å². The average Bonchev–Trinajstić information content (AvgIpc) is 1.94. The van der Waals surface area contributed by atoms with Crippen molar-refractivity contribution in [1.82, 2.24) is 4.98 Å². The average molecular weight is 140 g/mol. The van der Waals surface area contributed by atoms with Crippen molar-refractivity contribution in [1.29, 1.82) is 0 Å². The Labute approximate surface area is 58.9 Å². The van der Waals surface area contributed by atoms with E-state index in [-0.39, 0.29) is 5.82 Å². The van der Waals surface area contributed by atoms with Crippen molar-refractivity contribution < 1.29 is 4.39 Å². The molecule has 0 unspecified atom stereocenters. The molecule has 2 nitrogen and oxygen atoms in total. The molecule has 1 aromatic rings. The van der Waals surface area contributed by atoms with Gasteiger partial charge in [-0.15, -0.1) is 0 Å². The lowest BCUT2D eigenvalue weighted by Gasteiger charge is -1.99. The van der Waals surface area contributed by atoms with Crippen molar-refractivity contribution in [3.63, 3.8) is 0 Å². The number of hydrogen-bond acceptors (Lipinski definition) is 2. The van der Waals surface area contributed by atoms with Gasteiger partial charge in [-0.1, -0.05) is 0 Å². The van der Waals surface area contributed by atoms with Crippen LogP contribution >= 0.6 is 0 Å². The first kappa shape index (κ1) is 7.15. The van der Waals surface area contributed by atoms with E-state index in [0.717, 1.165) is 11.3 Å².